The molecule has 0 radical (unpaired) electrons. The van der Waals surface area contributed by atoms with Crippen molar-refractivity contribution < 1.29 is 26.8 Å². The summed E-state index contributed by atoms with van der Waals surface area (Å²) in [6.45, 7) is 0.813. The van der Waals surface area contributed by atoms with Crippen LogP contribution in [0.15, 0.2) is 57.0 Å². The van der Waals surface area contributed by atoms with Crippen molar-refractivity contribution in [2.45, 2.75) is 10.1 Å². The fraction of sp³-hybridized carbons (Fsp3) is 0.263. The number of benzene rings is 2. The van der Waals surface area contributed by atoms with Crippen LogP contribution in [-0.4, -0.2) is 55.7 Å². The molecule has 158 valence electrons. The second-order valence-electron chi connectivity index (χ2n) is 6.45. The van der Waals surface area contributed by atoms with Gasteiger partial charge in [0.1, 0.15) is 16.2 Å². The number of ether oxygens (including phenoxy) is 1. The molecule has 0 bridgehead atoms. The lowest BCUT2D eigenvalue weighted by atomic mass is 10.3. The number of nitrogens with zero attached hydrogens (tertiary/aromatic N) is 2. The third-order valence-electron chi connectivity index (χ3n) is 4.40. The Morgan fingerprint density at radius 2 is 1.97 bits per heavy atom. The van der Waals surface area contributed by atoms with E-state index in [0.29, 0.717) is 16.3 Å². The molecule has 1 amide bonds. The smallest absolute Gasteiger partial charge is 0.257 e. The molecule has 1 fully saturated rings. The number of halogens is 1. The van der Waals surface area contributed by atoms with Gasteiger partial charge in [-0.3, -0.25) is 4.79 Å². The fourth-order valence-electron chi connectivity index (χ4n) is 2.94. The highest BCUT2D eigenvalue weighted by atomic mass is 32.2. The maximum absolute atomic E-state index is 14.3. The molecule has 2 heterocycles. The minimum absolute atomic E-state index is 0.00422. The number of carbonyl (C=O) groups excluding carboxylic acids is 1. The van der Waals surface area contributed by atoms with Gasteiger partial charge in [-0.2, -0.15) is 4.31 Å². The number of oxazole rings is 1. The van der Waals surface area contributed by atoms with Gasteiger partial charge in [-0.1, -0.05) is 23.9 Å². The third kappa shape index (κ3) is 4.48. The predicted molar refractivity (Wildman–Crippen MR) is 109 cm³/mol. The molecule has 1 N–H and O–H groups in total. The number of fused-ring (bicyclic) bond motifs is 1. The van der Waals surface area contributed by atoms with Crippen LogP contribution >= 0.6 is 11.8 Å². The predicted octanol–water partition coefficient (Wildman–Crippen LogP) is 2.72. The van der Waals surface area contributed by atoms with E-state index < -0.39 is 26.6 Å². The summed E-state index contributed by atoms with van der Waals surface area (Å²) in [4.78, 5) is 16.1. The van der Waals surface area contributed by atoms with Gasteiger partial charge in [0.25, 0.3) is 5.22 Å². The Bertz CT molecular complexity index is 1140. The summed E-state index contributed by atoms with van der Waals surface area (Å²) in [5.41, 5.74) is 1.50. The first kappa shape index (κ1) is 20.8. The van der Waals surface area contributed by atoms with Crippen LogP contribution < -0.4 is 5.32 Å². The monoisotopic (exact) mass is 451 g/mol. The zero-order chi connectivity index (χ0) is 21.1. The normalized spacial score (nSPS) is 15.4. The summed E-state index contributed by atoms with van der Waals surface area (Å²) in [6.07, 6.45) is 0. The molecule has 1 aliphatic rings. The van der Waals surface area contributed by atoms with E-state index in [0.717, 1.165) is 23.9 Å². The number of aromatic nitrogens is 1. The highest BCUT2D eigenvalue weighted by Crippen LogP contribution is 2.25. The number of carbonyl (C=O) groups is 1. The van der Waals surface area contributed by atoms with Crippen molar-refractivity contribution in [3.8, 4) is 0 Å². The van der Waals surface area contributed by atoms with E-state index in [1.165, 1.54) is 10.4 Å². The van der Waals surface area contributed by atoms with Crippen LogP contribution in [0.4, 0.5) is 10.1 Å². The van der Waals surface area contributed by atoms with Crippen molar-refractivity contribution >= 4 is 44.5 Å². The maximum atomic E-state index is 14.3. The summed E-state index contributed by atoms with van der Waals surface area (Å²) in [5.74, 6) is -1.28. The molecule has 11 heteroatoms. The zero-order valence-electron chi connectivity index (χ0n) is 15.7. The Hall–Kier alpha value is -2.47. The highest BCUT2D eigenvalue weighted by Gasteiger charge is 2.29. The summed E-state index contributed by atoms with van der Waals surface area (Å²) in [7, 11) is -4.02. The number of rotatable bonds is 6. The standard InChI is InChI=1S/C19H18FN3O5S2/c20-14-6-5-13(11-17(14)30(25,26)23-7-9-27-10-8-23)21-18(24)12-29-19-22-15-3-1-2-4-16(15)28-19/h1-6,11H,7-10,12H2,(H,21,24). The number of hydrogen-bond acceptors (Lipinski definition) is 7. The van der Waals surface area contributed by atoms with Gasteiger partial charge in [-0.05, 0) is 30.3 Å². The van der Waals surface area contributed by atoms with Crippen LogP contribution in [0.5, 0.6) is 0 Å². The second kappa shape index (κ2) is 8.72. The van der Waals surface area contributed by atoms with E-state index in [1.807, 2.05) is 12.1 Å². The Morgan fingerprint density at radius 3 is 2.73 bits per heavy atom. The van der Waals surface area contributed by atoms with Gasteiger partial charge in [-0.25, -0.2) is 17.8 Å². The number of thioether (sulfide) groups is 1. The van der Waals surface area contributed by atoms with Gasteiger partial charge in [0.2, 0.25) is 15.9 Å². The van der Waals surface area contributed by atoms with Crippen LogP contribution in [-0.2, 0) is 19.6 Å². The van der Waals surface area contributed by atoms with Crippen molar-refractivity contribution in [2.75, 3.05) is 37.4 Å². The van der Waals surface area contributed by atoms with Gasteiger partial charge in [0.05, 0.1) is 19.0 Å². The first-order valence-electron chi connectivity index (χ1n) is 9.09. The first-order chi connectivity index (χ1) is 14.4. The molecular formula is C19H18FN3O5S2. The Morgan fingerprint density at radius 1 is 1.20 bits per heavy atom. The van der Waals surface area contributed by atoms with Crippen LogP contribution in [0, 0.1) is 5.82 Å². The molecule has 0 aliphatic carbocycles. The number of nitrogens with one attached hydrogen (secondary N) is 1. The quantitative estimate of drug-likeness (QED) is 0.575. The Kier molecular flexibility index (Phi) is 6.04. The van der Waals surface area contributed by atoms with Gasteiger partial charge < -0.3 is 14.5 Å². The number of morpholine rings is 1. The summed E-state index contributed by atoms with van der Waals surface area (Å²) in [6, 6.07) is 10.7. The molecular weight excluding hydrogens is 433 g/mol. The average Bonchev–Trinajstić information content (AvgIpc) is 3.17. The molecule has 1 aliphatic heterocycles. The fourth-order valence-corrected chi connectivity index (χ4v) is 5.08. The molecule has 1 saturated heterocycles. The van der Waals surface area contributed by atoms with E-state index in [-0.39, 0.29) is 37.7 Å². The molecule has 1 aromatic heterocycles. The van der Waals surface area contributed by atoms with E-state index in [1.54, 1.807) is 12.1 Å². The van der Waals surface area contributed by atoms with Crippen LogP contribution in [0.1, 0.15) is 0 Å². The molecule has 0 unspecified atom stereocenters. The first-order valence-corrected chi connectivity index (χ1v) is 11.5. The summed E-state index contributed by atoms with van der Waals surface area (Å²) >= 11 is 1.10. The van der Waals surface area contributed by atoms with Crippen LogP contribution in [0.2, 0.25) is 0 Å². The molecule has 0 spiro atoms. The number of sulfonamides is 1. The van der Waals surface area contributed by atoms with E-state index in [2.05, 4.69) is 10.3 Å². The van der Waals surface area contributed by atoms with Gasteiger partial charge in [0.15, 0.2) is 5.58 Å². The topological polar surface area (TPSA) is 102 Å². The summed E-state index contributed by atoms with van der Waals surface area (Å²) in [5, 5.41) is 2.93. The highest BCUT2D eigenvalue weighted by molar-refractivity contribution is 7.99. The number of hydrogen-bond donors (Lipinski definition) is 1. The Labute approximate surface area is 176 Å². The number of amides is 1. The lowest BCUT2D eigenvalue weighted by molar-refractivity contribution is -0.113. The van der Waals surface area contributed by atoms with Crippen molar-refractivity contribution in [2.24, 2.45) is 0 Å². The molecule has 0 saturated carbocycles. The van der Waals surface area contributed by atoms with E-state index in [4.69, 9.17) is 9.15 Å². The third-order valence-corrected chi connectivity index (χ3v) is 7.15. The van der Waals surface area contributed by atoms with Gasteiger partial charge >= 0.3 is 0 Å². The number of para-hydroxylation sites is 2. The van der Waals surface area contributed by atoms with Gasteiger partial charge in [0, 0.05) is 18.8 Å². The van der Waals surface area contributed by atoms with E-state index in [9.17, 15) is 17.6 Å². The van der Waals surface area contributed by atoms with E-state index >= 15 is 0 Å². The van der Waals surface area contributed by atoms with Crippen molar-refractivity contribution in [1.29, 1.82) is 0 Å². The van der Waals surface area contributed by atoms with Crippen LogP contribution in [0.25, 0.3) is 11.1 Å². The molecule has 8 nitrogen and oxygen atoms in total. The lowest BCUT2D eigenvalue weighted by Crippen LogP contribution is -2.40. The molecule has 4 rings (SSSR count). The maximum Gasteiger partial charge on any atom is 0.257 e. The zero-order valence-corrected chi connectivity index (χ0v) is 17.3. The minimum Gasteiger partial charge on any atom is -0.431 e. The largest absolute Gasteiger partial charge is 0.431 e. The van der Waals surface area contributed by atoms with Crippen molar-refractivity contribution in [3.05, 3.63) is 48.3 Å². The summed E-state index contributed by atoms with van der Waals surface area (Å²) < 4.78 is 51.6. The lowest BCUT2D eigenvalue weighted by Gasteiger charge is -2.26. The molecule has 30 heavy (non-hydrogen) atoms. The molecule has 2 aromatic carbocycles. The van der Waals surface area contributed by atoms with Crippen molar-refractivity contribution in [1.82, 2.24) is 9.29 Å². The van der Waals surface area contributed by atoms with Crippen LogP contribution in [0.3, 0.4) is 0 Å². The van der Waals surface area contributed by atoms with Gasteiger partial charge in [-0.15, -0.1) is 0 Å². The number of anilines is 1. The van der Waals surface area contributed by atoms with Crippen molar-refractivity contribution in [3.63, 3.8) is 0 Å². The SMILES string of the molecule is O=C(CSc1nc2ccccc2o1)Nc1ccc(F)c(S(=O)(=O)N2CCOCC2)c1. The molecule has 0 atom stereocenters. The second-order valence-corrected chi connectivity index (χ2v) is 9.28. The molecule has 3 aromatic rings. The Balaban J connectivity index is 1.44. The average molecular weight is 452 g/mol. The minimum atomic E-state index is -4.02.